The van der Waals surface area contributed by atoms with Gasteiger partial charge in [0.25, 0.3) is 11.6 Å². The van der Waals surface area contributed by atoms with E-state index in [0.717, 1.165) is 17.7 Å². The number of aryl methyl sites for hydroxylation is 2. The molecule has 10 heteroatoms. The Morgan fingerprint density at radius 2 is 1.70 bits per heavy atom. The molecule has 0 N–H and O–H groups in total. The molecule has 0 saturated carbocycles. The van der Waals surface area contributed by atoms with E-state index in [2.05, 4.69) is 0 Å². The smallest absolute Gasteiger partial charge is 0.276 e. The maximum atomic E-state index is 14.0. The van der Waals surface area contributed by atoms with Crippen molar-refractivity contribution >= 4 is 21.6 Å². The second-order valence-corrected chi connectivity index (χ2v) is 9.23. The van der Waals surface area contributed by atoms with Crippen molar-refractivity contribution < 1.29 is 22.5 Å². The van der Waals surface area contributed by atoms with Crippen molar-refractivity contribution in [3.8, 4) is 0 Å². The van der Waals surface area contributed by atoms with Crippen LogP contribution in [-0.2, 0) is 10.0 Å². The zero-order chi connectivity index (χ0) is 22.2. The van der Waals surface area contributed by atoms with Crippen LogP contribution in [0.25, 0.3) is 0 Å². The predicted molar refractivity (Wildman–Crippen MR) is 108 cm³/mol. The first-order valence-corrected chi connectivity index (χ1v) is 10.8. The molecule has 2 aromatic rings. The van der Waals surface area contributed by atoms with Gasteiger partial charge in [0.1, 0.15) is 5.82 Å². The second kappa shape index (κ2) is 8.11. The van der Waals surface area contributed by atoms with Crippen LogP contribution in [0.1, 0.15) is 27.0 Å². The molecule has 0 bridgehead atoms. The van der Waals surface area contributed by atoms with Crippen LogP contribution in [0.5, 0.6) is 0 Å². The number of nitro benzene ring substituents is 1. The first kappa shape index (κ1) is 21.8. The lowest BCUT2D eigenvalue weighted by Crippen LogP contribution is -2.50. The number of rotatable bonds is 4. The molecule has 1 aliphatic rings. The normalized spacial score (nSPS) is 15.3. The zero-order valence-corrected chi connectivity index (χ0v) is 17.7. The summed E-state index contributed by atoms with van der Waals surface area (Å²) in [6.45, 7) is 5.19. The number of halogens is 1. The molecule has 3 rings (SSSR count). The topological polar surface area (TPSA) is 101 Å². The third-order valence-electron chi connectivity index (χ3n) is 5.25. The number of hydrogen-bond donors (Lipinski definition) is 0. The van der Waals surface area contributed by atoms with E-state index in [9.17, 15) is 27.7 Å². The number of nitrogens with zero attached hydrogens (tertiary/aromatic N) is 3. The van der Waals surface area contributed by atoms with Crippen molar-refractivity contribution in [2.45, 2.75) is 25.7 Å². The van der Waals surface area contributed by atoms with Gasteiger partial charge in [0, 0.05) is 37.8 Å². The molecule has 0 spiro atoms. The molecule has 1 amide bonds. The summed E-state index contributed by atoms with van der Waals surface area (Å²) in [4.78, 5) is 24.7. The molecule has 160 valence electrons. The Bertz CT molecular complexity index is 1130. The van der Waals surface area contributed by atoms with Gasteiger partial charge in [-0.05, 0) is 44.0 Å². The summed E-state index contributed by atoms with van der Waals surface area (Å²) < 4.78 is 41.4. The summed E-state index contributed by atoms with van der Waals surface area (Å²) in [6.07, 6.45) is 0. The molecule has 8 nitrogen and oxygen atoms in total. The summed E-state index contributed by atoms with van der Waals surface area (Å²) in [7, 11) is -3.71. The first-order chi connectivity index (χ1) is 14.0. The number of nitro groups is 1. The molecule has 30 heavy (non-hydrogen) atoms. The number of benzene rings is 2. The van der Waals surface area contributed by atoms with Crippen molar-refractivity contribution in [3.05, 3.63) is 68.5 Å². The Balaban J connectivity index is 1.78. The third-order valence-corrected chi connectivity index (χ3v) is 7.29. The summed E-state index contributed by atoms with van der Waals surface area (Å²) in [6, 6.07) is 7.24. The van der Waals surface area contributed by atoms with Gasteiger partial charge >= 0.3 is 0 Å². The highest BCUT2D eigenvalue weighted by molar-refractivity contribution is 7.89. The fraction of sp³-hybridized carbons (Fsp3) is 0.350. The summed E-state index contributed by atoms with van der Waals surface area (Å²) in [5.41, 5.74) is 0.739. The molecule has 2 aromatic carbocycles. The third kappa shape index (κ3) is 4.05. The quantitative estimate of drug-likeness (QED) is 0.543. The Morgan fingerprint density at radius 1 is 1.07 bits per heavy atom. The first-order valence-electron chi connectivity index (χ1n) is 9.33. The number of carbonyl (C=O) groups excluding carboxylic acids is 1. The number of hydrogen-bond acceptors (Lipinski definition) is 5. The summed E-state index contributed by atoms with van der Waals surface area (Å²) in [5, 5.41) is 11.1. The maximum Gasteiger partial charge on any atom is 0.276 e. The van der Waals surface area contributed by atoms with E-state index in [0.29, 0.717) is 5.56 Å². The van der Waals surface area contributed by atoms with E-state index >= 15 is 0 Å². The number of amides is 1. The molecule has 0 unspecified atom stereocenters. The Kier molecular flexibility index (Phi) is 5.91. The van der Waals surface area contributed by atoms with Gasteiger partial charge < -0.3 is 4.90 Å². The van der Waals surface area contributed by atoms with Crippen LogP contribution in [0.3, 0.4) is 0 Å². The van der Waals surface area contributed by atoms with Gasteiger partial charge in [-0.15, -0.1) is 0 Å². The van der Waals surface area contributed by atoms with Crippen molar-refractivity contribution in [2.24, 2.45) is 0 Å². The van der Waals surface area contributed by atoms with Crippen LogP contribution in [0.2, 0.25) is 0 Å². The number of carbonyl (C=O) groups is 1. The lowest BCUT2D eigenvalue weighted by molar-refractivity contribution is -0.385. The molecular weight excluding hydrogens is 413 g/mol. The highest BCUT2D eigenvalue weighted by Crippen LogP contribution is 2.25. The van der Waals surface area contributed by atoms with Crippen LogP contribution in [-0.4, -0.2) is 54.6 Å². The summed E-state index contributed by atoms with van der Waals surface area (Å²) in [5.74, 6) is -1.40. The number of sulfonamides is 1. The molecule has 1 aliphatic heterocycles. The van der Waals surface area contributed by atoms with Crippen LogP contribution in [0, 0.1) is 36.7 Å². The Hall–Kier alpha value is -2.85. The minimum absolute atomic E-state index is 0.0812. The second-order valence-electron chi connectivity index (χ2n) is 7.32. The Labute approximate surface area is 174 Å². The van der Waals surface area contributed by atoms with Gasteiger partial charge in [-0.2, -0.15) is 4.31 Å². The SMILES string of the molecule is Cc1ccc(C)c(S(=O)(=O)N2CCN(C(=O)c3cc(F)c(C)c([N+](=O)[O-])c3)CC2)c1. The summed E-state index contributed by atoms with van der Waals surface area (Å²) >= 11 is 0. The lowest BCUT2D eigenvalue weighted by Gasteiger charge is -2.34. The van der Waals surface area contributed by atoms with Crippen molar-refractivity contribution in [1.29, 1.82) is 0 Å². The van der Waals surface area contributed by atoms with Crippen molar-refractivity contribution in [2.75, 3.05) is 26.2 Å². The fourth-order valence-corrected chi connectivity index (χ4v) is 5.15. The molecule has 0 atom stereocenters. The maximum absolute atomic E-state index is 14.0. The van der Waals surface area contributed by atoms with Crippen LogP contribution < -0.4 is 0 Å². The molecular formula is C20H22FN3O5S. The zero-order valence-electron chi connectivity index (χ0n) is 16.9. The van der Waals surface area contributed by atoms with Crippen molar-refractivity contribution in [1.82, 2.24) is 9.21 Å². The van der Waals surface area contributed by atoms with Gasteiger partial charge in [0.15, 0.2) is 0 Å². The van der Waals surface area contributed by atoms with E-state index < -0.39 is 32.4 Å². The van der Waals surface area contributed by atoms with E-state index in [1.807, 2.05) is 13.0 Å². The van der Waals surface area contributed by atoms with Gasteiger partial charge in [0.05, 0.1) is 15.4 Å². The average Bonchev–Trinajstić information content (AvgIpc) is 2.71. The van der Waals surface area contributed by atoms with Crippen LogP contribution in [0.15, 0.2) is 35.2 Å². The highest BCUT2D eigenvalue weighted by atomic mass is 32.2. The van der Waals surface area contributed by atoms with Crippen LogP contribution in [0.4, 0.5) is 10.1 Å². The number of piperazine rings is 1. The van der Waals surface area contributed by atoms with E-state index in [1.165, 1.54) is 16.1 Å². The van der Waals surface area contributed by atoms with Crippen molar-refractivity contribution in [3.63, 3.8) is 0 Å². The van der Waals surface area contributed by atoms with Gasteiger partial charge in [-0.1, -0.05) is 12.1 Å². The van der Waals surface area contributed by atoms with Gasteiger partial charge in [-0.3, -0.25) is 14.9 Å². The minimum atomic E-state index is -3.71. The lowest BCUT2D eigenvalue weighted by atomic mass is 10.1. The predicted octanol–water partition coefficient (Wildman–Crippen LogP) is 2.81. The fourth-order valence-electron chi connectivity index (χ4n) is 3.42. The van der Waals surface area contributed by atoms with E-state index in [4.69, 9.17) is 0 Å². The molecule has 0 aliphatic carbocycles. The molecule has 1 saturated heterocycles. The molecule has 1 fully saturated rings. The highest BCUT2D eigenvalue weighted by Gasteiger charge is 2.32. The standard InChI is InChI=1S/C20H22FN3O5S/c1-13-4-5-14(2)19(10-13)30(28,29)23-8-6-22(7-9-23)20(25)16-11-17(21)15(3)18(12-16)24(26)27/h4-5,10-12H,6-9H2,1-3H3. The molecule has 0 radical (unpaired) electrons. The average molecular weight is 435 g/mol. The van der Waals surface area contributed by atoms with E-state index in [1.54, 1.807) is 19.1 Å². The monoisotopic (exact) mass is 435 g/mol. The molecule has 1 heterocycles. The van der Waals surface area contributed by atoms with Gasteiger partial charge in [-0.25, -0.2) is 12.8 Å². The van der Waals surface area contributed by atoms with Gasteiger partial charge in [0.2, 0.25) is 10.0 Å². The largest absolute Gasteiger partial charge is 0.336 e. The molecule has 0 aromatic heterocycles. The van der Waals surface area contributed by atoms with Crippen LogP contribution >= 0.6 is 0 Å². The Morgan fingerprint density at radius 3 is 2.30 bits per heavy atom. The van der Waals surface area contributed by atoms with E-state index in [-0.39, 0.29) is 42.2 Å². The minimum Gasteiger partial charge on any atom is -0.336 e.